The Bertz CT molecular complexity index is 398. The molecule has 1 aromatic rings. The molecule has 0 heterocycles. The molecule has 1 atom stereocenters. The molecule has 0 saturated heterocycles. The molecule has 0 fully saturated rings. The van der Waals surface area contributed by atoms with Gasteiger partial charge in [0.25, 0.3) is 0 Å². The van der Waals surface area contributed by atoms with Crippen LogP contribution in [0.2, 0.25) is 0 Å². The fourth-order valence-corrected chi connectivity index (χ4v) is 1.58. The lowest BCUT2D eigenvalue weighted by Crippen LogP contribution is -2.33. The Morgan fingerprint density at radius 3 is 2.78 bits per heavy atom. The summed E-state index contributed by atoms with van der Waals surface area (Å²) in [6, 6.07) is 6.09. The van der Waals surface area contributed by atoms with E-state index >= 15 is 0 Å². The molecule has 0 bridgehead atoms. The molecule has 1 aromatic carbocycles. The Balaban J connectivity index is 2.63. The van der Waals surface area contributed by atoms with Crippen LogP contribution in [0.25, 0.3) is 0 Å². The SMILES string of the molecule is CC(c1ccccc1F)N(C)C(=O)COCCN. The van der Waals surface area contributed by atoms with E-state index in [9.17, 15) is 9.18 Å². The van der Waals surface area contributed by atoms with Gasteiger partial charge in [-0.25, -0.2) is 4.39 Å². The lowest BCUT2D eigenvalue weighted by Gasteiger charge is -2.25. The molecule has 0 aliphatic rings. The van der Waals surface area contributed by atoms with Crippen molar-refractivity contribution in [3.8, 4) is 0 Å². The van der Waals surface area contributed by atoms with Crippen LogP contribution in [-0.4, -0.2) is 37.6 Å². The average molecular weight is 254 g/mol. The molecule has 1 amide bonds. The van der Waals surface area contributed by atoms with Gasteiger partial charge in [-0.2, -0.15) is 0 Å². The smallest absolute Gasteiger partial charge is 0.248 e. The predicted molar refractivity (Wildman–Crippen MR) is 67.5 cm³/mol. The van der Waals surface area contributed by atoms with Gasteiger partial charge in [-0.15, -0.1) is 0 Å². The quantitative estimate of drug-likeness (QED) is 0.779. The first kappa shape index (κ1) is 14.6. The van der Waals surface area contributed by atoms with Crippen LogP contribution in [0.5, 0.6) is 0 Å². The minimum atomic E-state index is -0.333. The Kier molecular flexibility index (Phi) is 5.74. The second-order valence-corrected chi connectivity index (χ2v) is 4.04. The number of nitrogens with two attached hydrogens (primary N) is 1. The third kappa shape index (κ3) is 3.78. The third-order valence-corrected chi connectivity index (χ3v) is 2.82. The number of benzene rings is 1. The zero-order chi connectivity index (χ0) is 13.5. The number of amides is 1. The van der Waals surface area contributed by atoms with Crippen LogP contribution in [0.3, 0.4) is 0 Å². The molecule has 2 N–H and O–H groups in total. The predicted octanol–water partition coefficient (Wildman–Crippen LogP) is 1.32. The first-order valence-electron chi connectivity index (χ1n) is 5.85. The standard InChI is InChI=1S/C13H19FN2O2/c1-10(11-5-3-4-6-12(11)14)16(2)13(17)9-18-8-7-15/h3-6,10H,7-9,15H2,1-2H3. The highest BCUT2D eigenvalue weighted by molar-refractivity contribution is 5.77. The van der Waals surface area contributed by atoms with Crippen LogP contribution in [0.15, 0.2) is 24.3 Å². The molecule has 4 nitrogen and oxygen atoms in total. The Morgan fingerprint density at radius 1 is 1.50 bits per heavy atom. The van der Waals surface area contributed by atoms with Gasteiger partial charge in [0, 0.05) is 19.2 Å². The van der Waals surface area contributed by atoms with Gasteiger partial charge >= 0.3 is 0 Å². The second kappa shape index (κ2) is 7.08. The van der Waals surface area contributed by atoms with E-state index in [0.29, 0.717) is 18.7 Å². The van der Waals surface area contributed by atoms with Gasteiger partial charge < -0.3 is 15.4 Å². The van der Waals surface area contributed by atoms with Crippen LogP contribution in [0.4, 0.5) is 4.39 Å². The summed E-state index contributed by atoms with van der Waals surface area (Å²) in [6.45, 7) is 2.46. The normalized spacial score (nSPS) is 12.2. The number of likely N-dealkylation sites (N-methyl/N-ethyl adjacent to an activating group) is 1. The highest BCUT2D eigenvalue weighted by Crippen LogP contribution is 2.21. The lowest BCUT2D eigenvalue weighted by molar-refractivity contribution is -0.136. The molecule has 100 valence electrons. The number of carbonyl (C=O) groups is 1. The lowest BCUT2D eigenvalue weighted by atomic mass is 10.1. The minimum absolute atomic E-state index is 0.0352. The topological polar surface area (TPSA) is 55.6 Å². The summed E-state index contributed by atoms with van der Waals surface area (Å²) in [6.07, 6.45) is 0. The van der Waals surface area contributed by atoms with Crippen LogP contribution in [0.1, 0.15) is 18.5 Å². The molecular weight excluding hydrogens is 235 g/mol. The molecule has 5 heteroatoms. The molecule has 0 spiro atoms. The Hall–Kier alpha value is -1.46. The Morgan fingerprint density at radius 2 is 2.17 bits per heavy atom. The zero-order valence-electron chi connectivity index (χ0n) is 10.7. The van der Waals surface area contributed by atoms with E-state index in [0.717, 1.165) is 0 Å². The van der Waals surface area contributed by atoms with Crippen molar-refractivity contribution in [3.05, 3.63) is 35.6 Å². The Labute approximate surface area is 107 Å². The third-order valence-electron chi connectivity index (χ3n) is 2.82. The number of nitrogens with zero attached hydrogens (tertiary/aromatic N) is 1. The fraction of sp³-hybridized carbons (Fsp3) is 0.462. The van der Waals surface area contributed by atoms with Gasteiger partial charge in [-0.05, 0) is 13.0 Å². The first-order valence-corrected chi connectivity index (χ1v) is 5.85. The van der Waals surface area contributed by atoms with E-state index in [1.165, 1.54) is 11.0 Å². The van der Waals surface area contributed by atoms with Gasteiger partial charge in [0.15, 0.2) is 0 Å². The molecule has 1 rings (SSSR count). The summed E-state index contributed by atoms with van der Waals surface area (Å²) < 4.78 is 18.7. The van der Waals surface area contributed by atoms with Crippen LogP contribution >= 0.6 is 0 Å². The summed E-state index contributed by atoms with van der Waals surface area (Å²) in [5.41, 5.74) is 5.75. The van der Waals surface area contributed by atoms with E-state index in [4.69, 9.17) is 10.5 Å². The van der Waals surface area contributed by atoms with E-state index in [1.807, 2.05) is 0 Å². The van der Waals surface area contributed by atoms with Crippen LogP contribution in [-0.2, 0) is 9.53 Å². The van der Waals surface area contributed by atoms with Gasteiger partial charge in [-0.1, -0.05) is 18.2 Å². The number of hydrogen-bond donors (Lipinski definition) is 1. The maximum atomic E-state index is 13.6. The zero-order valence-corrected chi connectivity index (χ0v) is 10.7. The number of halogens is 1. The first-order chi connectivity index (χ1) is 8.57. The molecule has 18 heavy (non-hydrogen) atoms. The number of hydrogen-bond acceptors (Lipinski definition) is 3. The monoisotopic (exact) mass is 254 g/mol. The largest absolute Gasteiger partial charge is 0.370 e. The highest BCUT2D eigenvalue weighted by atomic mass is 19.1. The molecule has 0 aliphatic heterocycles. The molecule has 0 aliphatic carbocycles. The summed E-state index contributed by atoms with van der Waals surface area (Å²) in [5.74, 6) is -0.508. The van der Waals surface area contributed by atoms with Crippen LogP contribution in [0, 0.1) is 5.82 Å². The van der Waals surface area contributed by atoms with Crippen molar-refractivity contribution in [2.45, 2.75) is 13.0 Å². The van der Waals surface area contributed by atoms with Crippen molar-refractivity contribution < 1.29 is 13.9 Å². The summed E-state index contributed by atoms with van der Waals surface area (Å²) in [7, 11) is 1.63. The molecular formula is C13H19FN2O2. The minimum Gasteiger partial charge on any atom is -0.370 e. The maximum Gasteiger partial charge on any atom is 0.248 e. The van der Waals surface area contributed by atoms with Crippen molar-refractivity contribution in [2.75, 3.05) is 26.8 Å². The second-order valence-electron chi connectivity index (χ2n) is 4.04. The van der Waals surface area contributed by atoms with Crippen molar-refractivity contribution >= 4 is 5.91 Å². The van der Waals surface area contributed by atoms with Crippen molar-refractivity contribution in [3.63, 3.8) is 0 Å². The summed E-state index contributed by atoms with van der Waals surface area (Å²) in [5, 5.41) is 0. The average Bonchev–Trinajstić information content (AvgIpc) is 2.38. The van der Waals surface area contributed by atoms with E-state index in [2.05, 4.69) is 0 Å². The van der Waals surface area contributed by atoms with Gasteiger partial charge in [0.1, 0.15) is 12.4 Å². The number of rotatable bonds is 6. The number of carbonyl (C=O) groups excluding carboxylic acids is 1. The van der Waals surface area contributed by atoms with E-state index in [-0.39, 0.29) is 24.4 Å². The van der Waals surface area contributed by atoms with Crippen LogP contribution < -0.4 is 5.73 Å². The van der Waals surface area contributed by atoms with Gasteiger partial charge in [0.05, 0.1) is 12.6 Å². The van der Waals surface area contributed by atoms with Crippen molar-refractivity contribution in [1.29, 1.82) is 0 Å². The van der Waals surface area contributed by atoms with E-state index in [1.54, 1.807) is 32.2 Å². The highest BCUT2D eigenvalue weighted by Gasteiger charge is 2.19. The van der Waals surface area contributed by atoms with Crippen molar-refractivity contribution in [2.24, 2.45) is 5.73 Å². The summed E-state index contributed by atoms with van der Waals surface area (Å²) >= 11 is 0. The molecule has 0 aromatic heterocycles. The van der Waals surface area contributed by atoms with Gasteiger partial charge in [0.2, 0.25) is 5.91 Å². The maximum absolute atomic E-state index is 13.6. The summed E-state index contributed by atoms with van der Waals surface area (Å²) in [4.78, 5) is 13.2. The molecule has 0 saturated carbocycles. The van der Waals surface area contributed by atoms with E-state index < -0.39 is 0 Å². The molecule has 0 radical (unpaired) electrons. The number of ether oxygens (including phenoxy) is 1. The molecule has 1 unspecified atom stereocenters. The fourth-order valence-electron chi connectivity index (χ4n) is 1.58. The van der Waals surface area contributed by atoms with Gasteiger partial charge in [-0.3, -0.25) is 4.79 Å². The van der Waals surface area contributed by atoms with Crippen molar-refractivity contribution in [1.82, 2.24) is 4.90 Å².